The highest BCUT2D eigenvalue weighted by atomic mass is 19.4. The fourth-order valence-electron chi connectivity index (χ4n) is 3.07. The van der Waals surface area contributed by atoms with Crippen molar-refractivity contribution >= 4 is 0 Å². The van der Waals surface area contributed by atoms with E-state index in [9.17, 15) is 13.2 Å². The van der Waals surface area contributed by atoms with E-state index in [1.54, 1.807) is 0 Å². The Labute approximate surface area is 124 Å². The summed E-state index contributed by atoms with van der Waals surface area (Å²) in [6.07, 6.45) is -3.24. The van der Waals surface area contributed by atoms with Crippen LogP contribution in [0.4, 0.5) is 13.2 Å². The van der Waals surface area contributed by atoms with Gasteiger partial charge in [-0.3, -0.25) is 4.90 Å². The Morgan fingerprint density at radius 2 is 1.86 bits per heavy atom. The molecule has 1 unspecified atom stereocenters. The topological polar surface area (TPSA) is 15.3 Å². The van der Waals surface area contributed by atoms with Gasteiger partial charge in [0.15, 0.2) is 0 Å². The van der Waals surface area contributed by atoms with Gasteiger partial charge in [0.1, 0.15) is 0 Å². The quantitative estimate of drug-likeness (QED) is 0.898. The van der Waals surface area contributed by atoms with Crippen LogP contribution in [0, 0.1) is 19.8 Å². The average Bonchev–Trinajstić information content (AvgIpc) is 2.73. The van der Waals surface area contributed by atoms with Crippen molar-refractivity contribution in [1.82, 2.24) is 10.2 Å². The molecule has 0 radical (unpaired) electrons. The molecule has 0 bridgehead atoms. The zero-order chi connectivity index (χ0) is 15.5. The molecule has 1 aromatic rings. The Hall–Kier alpha value is -1.07. The minimum atomic E-state index is -4.08. The molecular formula is C16H23F3N2. The number of benzene rings is 1. The average molecular weight is 300 g/mol. The van der Waals surface area contributed by atoms with Crippen molar-refractivity contribution in [2.75, 3.05) is 26.2 Å². The Bertz CT molecular complexity index is 451. The molecule has 1 fully saturated rings. The molecule has 2 nitrogen and oxygen atoms in total. The number of rotatable bonds is 5. The Balaban J connectivity index is 1.72. The molecule has 1 saturated heterocycles. The monoisotopic (exact) mass is 300 g/mol. The molecule has 1 N–H and O–H groups in total. The standard InChI is InChI=1S/C16H23F3N2/c1-12-5-13(2)7-15(6-12)9-20-8-14-3-4-21(10-14)11-16(17,18)19/h5-7,14,20H,3-4,8-11H2,1-2H3. The van der Waals surface area contributed by atoms with Gasteiger partial charge in [0.05, 0.1) is 6.54 Å². The zero-order valence-corrected chi connectivity index (χ0v) is 12.6. The van der Waals surface area contributed by atoms with Crippen molar-refractivity contribution in [1.29, 1.82) is 0 Å². The van der Waals surface area contributed by atoms with Gasteiger partial charge in [-0.2, -0.15) is 13.2 Å². The smallest absolute Gasteiger partial charge is 0.312 e. The third-order valence-corrected chi connectivity index (χ3v) is 3.82. The molecule has 0 spiro atoms. The van der Waals surface area contributed by atoms with Gasteiger partial charge in [-0.15, -0.1) is 0 Å². The molecule has 1 atom stereocenters. The van der Waals surface area contributed by atoms with Crippen molar-refractivity contribution in [2.45, 2.75) is 33.0 Å². The van der Waals surface area contributed by atoms with Crippen LogP contribution in [0.25, 0.3) is 0 Å². The highest BCUT2D eigenvalue weighted by Gasteiger charge is 2.34. The van der Waals surface area contributed by atoms with E-state index in [0.717, 1.165) is 19.5 Å². The minimum absolute atomic E-state index is 0.318. The summed E-state index contributed by atoms with van der Waals surface area (Å²) in [5.74, 6) is 0.318. The number of nitrogens with one attached hydrogen (secondary N) is 1. The van der Waals surface area contributed by atoms with Crippen LogP contribution in [0.5, 0.6) is 0 Å². The molecule has 5 heteroatoms. The maximum absolute atomic E-state index is 12.3. The van der Waals surface area contributed by atoms with Gasteiger partial charge in [-0.25, -0.2) is 0 Å². The molecular weight excluding hydrogens is 277 g/mol. The fraction of sp³-hybridized carbons (Fsp3) is 0.625. The molecule has 0 aromatic heterocycles. The molecule has 1 aliphatic heterocycles. The summed E-state index contributed by atoms with van der Waals surface area (Å²) in [5, 5.41) is 3.37. The van der Waals surface area contributed by atoms with Crippen LogP contribution in [0.15, 0.2) is 18.2 Å². The number of nitrogens with zero attached hydrogens (tertiary/aromatic N) is 1. The molecule has 1 aliphatic rings. The van der Waals surface area contributed by atoms with Crippen molar-refractivity contribution in [3.63, 3.8) is 0 Å². The third-order valence-electron chi connectivity index (χ3n) is 3.82. The van der Waals surface area contributed by atoms with Gasteiger partial charge in [-0.05, 0) is 44.8 Å². The van der Waals surface area contributed by atoms with Crippen molar-refractivity contribution in [3.05, 3.63) is 34.9 Å². The Morgan fingerprint density at radius 3 is 2.48 bits per heavy atom. The lowest BCUT2D eigenvalue weighted by atomic mass is 10.1. The van der Waals surface area contributed by atoms with E-state index < -0.39 is 12.7 Å². The minimum Gasteiger partial charge on any atom is -0.312 e. The second-order valence-corrected chi connectivity index (χ2v) is 6.13. The van der Waals surface area contributed by atoms with Crippen molar-refractivity contribution in [2.24, 2.45) is 5.92 Å². The van der Waals surface area contributed by atoms with Crippen LogP contribution >= 0.6 is 0 Å². The fourth-order valence-corrected chi connectivity index (χ4v) is 3.07. The predicted octanol–water partition coefficient (Wildman–Crippen LogP) is 3.28. The van der Waals surface area contributed by atoms with Crippen LogP contribution in [0.3, 0.4) is 0 Å². The first kappa shape index (κ1) is 16.3. The molecule has 21 heavy (non-hydrogen) atoms. The molecule has 0 saturated carbocycles. The zero-order valence-electron chi connectivity index (χ0n) is 12.6. The highest BCUT2D eigenvalue weighted by molar-refractivity contribution is 5.28. The maximum atomic E-state index is 12.3. The number of halogens is 3. The molecule has 2 rings (SSSR count). The SMILES string of the molecule is Cc1cc(C)cc(CNCC2CCN(CC(F)(F)F)C2)c1. The van der Waals surface area contributed by atoms with Crippen molar-refractivity contribution < 1.29 is 13.2 Å². The normalized spacial score (nSPS) is 20.1. The Morgan fingerprint density at radius 1 is 1.19 bits per heavy atom. The first-order valence-corrected chi connectivity index (χ1v) is 7.39. The number of hydrogen-bond donors (Lipinski definition) is 1. The van der Waals surface area contributed by atoms with Gasteiger partial charge in [0, 0.05) is 13.1 Å². The summed E-state index contributed by atoms with van der Waals surface area (Å²) in [6, 6.07) is 6.42. The van der Waals surface area contributed by atoms with Crippen LogP contribution in [-0.4, -0.2) is 37.3 Å². The van der Waals surface area contributed by atoms with Gasteiger partial charge in [0.2, 0.25) is 0 Å². The molecule has 0 aliphatic carbocycles. The summed E-state index contributed by atoms with van der Waals surface area (Å²) in [7, 11) is 0. The van der Waals surface area contributed by atoms with Crippen LogP contribution in [0.2, 0.25) is 0 Å². The number of alkyl halides is 3. The first-order valence-electron chi connectivity index (χ1n) is 7.39. The number of aryl methyl sites for hydroxylation is 2. The third kappa shape index (κ3) is 5.67. The van der Waals surface area contributed by atoms with E-state index >= 15 is 0 Å². The lowest BCUT2D eigenvalue weighted by Gasteiger charge is -2.18. The first-order chi connectivity index (χ1) is 9.82. The summed E-state index contributed by atoms with van der Waals surface area (Å²) in [4.78, 5) is 1.50. The number of hydrogen-bond acceptors (Lipinski definition) is 2. The summed E-state index contributed by atoms with van der Waals surface area (Å²) in [6.45, 7) is 6.01. The van der Waals surface area contributed by atoms with Gasteiger partial charge < -0.3 is 5.32 Å². The van der Waals surface area contributed by atoms with Crippen LogP contribution in [0.1, 0.15) is 23.1 Å². The van der Waals surface area contributed by atoms with E-state index in [4.69, 9.17) is 0 Å². The van der Waals surface area contributed by atoms with Gasteiger partial charge >= 0.3 is 6.18 Å². The van der Waals surface area contributed by atoms with E-state index in [1.807, 2.05) is 0 Å². The second-order valence-electron chi connectivity index (χ2n) is 6.13. The number of likely N-dealkylation sites (tertiary alicyclic amines) is 1. The predicted molar refractivity (Wildman–Crippen MR) is 78.2 cm³/mol. The van der Waals surface area contributed by atoms with E-state index in [1.165, 1.54) is 21.6 Å². The lowest BCUT2D eigenvalue weighted by molar-refractivity contribution is -0.143. The lowest BCUT2D eigenvalue weighted by Crippen LogP contribution is -2.33. The molecule has 1 heterocycles. The van der Waals surface area contributed by atoms with Crippen LogP contribution in [-0.2, 0) is 6.54 Å². The molecule has 118 valence electrons. The van der Waals surface area contributed by atoms with E-state index in [0.29, 0.717) is 19.0 Å². The van der Waals surface area contributed by atoms with E-state index in [2.05, 4.69) is 37.4 Å². The molecule has 1 aromatic carbocycles. The largest absolute Gasteiger partial charge is 0.401 e. The summed E-state index contributed by atoms with van der Waals surface area (Å²) < 4.78 is 37.0. The second kappa shape index (κ2) is 6.79. The van der Waals surface area contributed by atoms with Gasteiger partial charge in [0.25, 0.3) is 0 Å². The van der Waals surface area contributed by atoms with Gasteiger partial charge in [-0.1, -0.05) is 29.3 Å². The van der Waals surface area contributed by atoms with Crippen LogP contribution < -0.4 is 5.32 Å². The summed E-state index contributed by atoms with van der Waals surface area (Å²) >= 11 is 0. The Kier molecular flexibility index (Phi) is 5.27. The summed E-state index contributed by atoms with van der Waals surface area (Å²) in [5.41, 5.74) is 3.71. The molecule has 0 amide bonds. The van der Waals surface area contributed by atoms with E-state index in [-0.39, 0.29) is 0 Å². The maximum Gasteiger partial charge on any atom is 0.401 e. The van der Waals surface area contributed by atoms with Crippen molar-refractivity contribution in [3.8, 4) is 0 Å². The highest BCUT2D eigenvalue weighted by Crippen LogP contribution is 2.22.